The molecule has 3 rings (SSSR count). The van der Waals surface area contributed by atoms with E-state index < -0.39 is 28.5 Å². The molecule has 0 spiro atoms. The Morgan fingerprint density at radius 1 is 1.00 bits per heavy atom. The van der Waals surface area contributed by atoms with Crippen LogP contribution < -0.4 is 9.62 Å². The van der Waals surface area contributed by atoms with E-state index in [4.69, 9.17) is 23.2 Å². The van der Waals surface area contributed by atoms with Crippen LogP contribution in [0.15, 0.2) is 36.4 Å². The molecule has 208 valence electrons. The summed E-state index contributed by atoms with van der Waals surface area (Å²) >= 11 is 12.3. The van der Waals surface area contributed by atoms with Crippen LogP contribution in [-0.4, -0.2) is 50.0 Å². The van der Waals surface area contributed by atoms with Crippen molar-refractivity contribution in [3.63, 3.8) is 0 Å². The maximum atomic E-state index is 13.9. The molecule has 1 saturated carbocycles. The van der Waals surface area contributed by atoms with Crippen molar-refractivity contribution in [2.24, 2.45) is 0 Å². The quantitative estimate of drug-likeness (QED) is 0.393. The highest BCUT2D eigenvalue weighted by molar-refractivity contribution is 7.92. The zero-order valence-electron chi connectivity index (χ0n) is 22.5. The van der Waals surface area contributed by atoms with Crippen molar-refractivity contribution in [3.8, 4) is 0 Å². The maximum Gasteiger partial charge on any atom is 0.244 e. The molecule has 2 aromatic rings. The summed E-state index contributed by atoms with van der Waals surface area (Å²) in [4.78, 5) is 28.8. The van der Waals surface area contributed by atoms with Crippen LogP contribution in [0.4, 0.5) is 5.69 Å². The van der Waals surface area contributed by atoms with E-state index in [2.05, 4.69) is 5.32 Å². The van der Waals surface area contributed by atoms with Gasteiger partial charge < -0.3 is 10.2 Å². The van der Waals surface area contributed by atoms with Gasteiger partial charge in [0.15, 0.2) is 0 Å². The Hall–Kier alpha value is -2.29. The molecule has 1 N–H and O–H groups in total. The second-order valence-electron chi connectivity index (χ2n) is 10.1. The number of carbonyl (C=O) groups excluding carboxylic acids is 2. The van der Waals surface area contributed by atoms with Gasteiger partial charge in [-0.3, -0.25) is 13.9 Å². The van der Waals surface area contributed by atoms with Gasteiger partial charge in [0.05, 0.1) is 22.0 Å². The molecular formula is C28H37Cl2N3O4S. The monoisotopic (exact) mass is 581 g/mol. The predicted molar refractivity (Wildman–Crippen MR) is 154 cm³/mol. The zero-order valence-corrected chi connectivity index (χ0v) is 24.8. The summed E-state index contributed by atoms with van der Waals surface area (Å²) in [5.74, 6) is -0.713. The second kappa shape index (κ2) is 13.2. The summed E-state index contributed by atoms with van der Waals surface area (Å²) in [6, 6.07) is 9.62. The van der Waals surface area contributed by atoms with Crippen LogP contribution in [0.1, 0.15) is 62.1 Å². The van der Waals surface area contributed by atoms with Crippen LogP contribution in [0.25, 0.3) is 0 Å². The van der Waals surface area contributed by atoms with E-state index in [0.717, 1.165) is 53.8 Å². The van der Waals surface area contributed by atoms with E-state index in [1.807, 2.05) is 26.8 Å². The summed E-state index contributed by atoms with van der Waals surface area (Å²) in [5, 5.41) is 3.85. The Bertz CT molecular complexity index is 1260. The summed E-state index contributed by atoms with van der Waals surface area (Å²) in [6.45, 7) is 5.32. The fraction of sp³-hybridized carbons (Fsp3) is 0.500. The Balaban J connectivity index is 1.94. The standard InChI is InChI=1S/C28H37Cl2N3O4S/c1-5-26(28(35)31-22-9-7-6-8-10-22)32(17-21-12-14-24(29)25(30)16-21)27(34)18-33(38(4,36)37)23-13-11-19(2)20(3)15-23/h11-16,22,26H,5-10,17-18H2,1-4H3,(H,31,35). The van der Waals surface area contributed by atoms with Crippen LogP contribution in [0, 0.1) is 13.8 Å². The van der Waals surface area contributed by atoms with Gasteiger partial charge >= 0.3 is 0 Å². The molecule has 0 saturated heterocycles. The van der Waals surface area contributed by atoms with Gasteiger partial charge in [0, 0.05) is 12.6 Å². The molecule has 1 aliphatic carbocycles. The number of nitrogens with zero attached hydrogens (tertiary/aromatic N) is 2. The molecule has 2 amide bonds. The SMILES string of the molecule is CCC(C(=O)NC1CCCCC1)N(Cc1ccc(Cl)c(Cl)c1)C(=O)CN(c1ccc(C)c(C)c1)S(C)(=O)=O. The lowest BCUT2D eigenvalue weighted by Crippen LogP contribution is -2.53. The first-order chi connectivity index (χ1) is 17.9. The number of hydrogen-bond donors (Lipinski definition) is 1. The number of hydrogen-bond acceptors (Lipinski definition) is 4. The number of carbonyl (C=O) groups is 2. The van der Waals surface area contributed by atoms with Gasteiger partial charge in [-0.1, -0.05) is 61.5 Å². The summed E-state index contributed by atoms with van der Waals surface area (Å²) < 4.78 is 26.7. The molecule has 38 heavy (non-hydrogen) atoms. The van der Waals surface area contributed by atoms with Crippen molar-refractivity contribution in [2.45, 2.75) is 77.9 Å². The van der Waals surface area contributed by atoms with Crippen molar-refractivity contribution >= 4 is 50.7 Å². The molecule has 0 radical (unpaired) electrons. The topological polar surface area (TPSA) is 86.8 Å². The van der Waals surface area contributed by atoms with Crippen molar-refractivity contribution in [3.05, 3.63) is 63.1 Å². The van der Waals surface area contributed by atoms with E-state index in [-0.39, 0.29) is 18.5 Å². The van der Waals surface area contributed by atoms with Crippen molar-refractivity contribution in [1.82, 2.24) is 10.2 Å². The third-order valence-corrected chi connectivity index (χ3v) is 9.01. The molecular weight excluding hydrogens is 545 g/mol. The van der Waals surface area contributed by atoms with Gasteiger partial charge in [0.2, 0.25) is 21.8 Å². The molecule has 0 aromatic heterocycles. The largest absolute Gasteiger partial charge is 0.352 e. The molecule has 0 heterocycles. The van der Waals surface area contributed by atoms with E-state index >= 15 is 0 Å². The van der Waals surface area contributed by atoms with Gasteiger partial charge in [0.25, 0.3) is 0 Å². The number of benzene rings is 2. The summed E-state index contributed by atoms with van der Waals surface area (Å²) in [6.07, 6.45) is 6.56. The van der Waals surface area contributed by atoms with E-state index in [1.165, 1.54) is 4.90 Å². The number of aryl methyl sites for hydroxylation is 2. The Morgan fingerprint density at radius 2 is 1.68 bits per heavy atom. The molecule has 1 atom stereocenters. The lowest BCUT2D eigenvalue weighted by atomic mass is 9.95. The number of halogens is 2. The van der Waals surface area contributed by atoms with E-state index in [1.54, 1.807) is 30.3 Å². The van der Waals surface area contributed by atoms with Crippen LogP contribution in [0.5, 0.6) is 0 Å². The number of rotatable bonds is 10. The third-order valence-electron chi connectivity index (χ3n) is 7.13. The van der Waals surface area contributed by atoms with Crippen molar-refractivity contribution in [2.75, 3.05) is 17.1 Å². The number of anilines is 1. The highest BCUT2D eigenvalue weighted by Gasteiger charge is 2.33. The third kappa shape index (κ3) is 7.87. The molecule has 7 nitrogen and oxygen atoms in total. The molecule has 1 fully saturated rings. The summed E-state index contributed by atoms with van der Waals surface area (Å²) in [5.41, 5.74) is 3.02. The number of amides is 2. The fourth-order valence-corrected chi connectivity index (χ4v) is 5.96. The minimum absolute atomic E-state index is 0.0790. The van der Waals surface area contributed by atoms with Crippen molar-refractivity contribution in [1.29, 1.82) is 0 Å². The first kappa shape index (κ1) is 30.3. The Morgan fingerprint density at radius 3 is 2.26 bits per heavy atom. The minimum Gasteiger partial charge on any atom is -0.352 e. The smallest absolute Gasteiger partial charge is 0.244 e. The minimum atomic E-state index is -3.79. The van der Waals surface area contributed by atoms with Gasteiger partial charge in [-0.2, -0.15) is 0 Å². The Labute approximate surface area is 236 Å². The molecule has 10 heteroatoms. The lowest BCUT2D eigenvalue weighted by Gasteiger charge is -2.34. The van der Waals surface area contributed by atoms with E-state index in [0.29, 0.717) is 27.7 Å². The first-order valence-corrected chi connectivity index (χ1v) is 15.6. The van der Waals surface area contributed by atoms with E-state index in [9.17, 15) is 18.0 Å². The highest BCUT2D eigenvalue weighted by Crippen LogP contribution is 2.26. The fourth-order valence-electron chi connectivity index (χ4n) is 4.79. The molecule has 1 unspecified atom stereocenters. The van der Waals surface area contributed by atoms with Gasteiger partial charge in [-0.05, 0) is 74.1 Å². The normalized spacial score (nSPS) is 15.1. The van der Waals surface area contributed by atoms with Crippen LogP contribution >= 0.6 is 23.2 Å². The predicted octanol–water partition coefficient (Wildman–Crippen LogP) is 5.63. The molecule has 0 aliphatic heterocycles. The molecule has 1 aliphatic rings. The zero-order chi connectivity index (χ0) is 28.0. The van der Waals surface area contributed by atoms with Crippen LogP contribution in [-0.2, 0) is 26.2 Å². The van der Waals surface area contributed by atoms with Crippen molar-refractivity contribution < 1.29 is 18.0 Å². The van der Waals surface area contributed by atoms with Crippen LogP contribution in [0.2, 0.25) is 10.0 Å². The average molecular weight is 583 g/mol. The number of sulfonamides is 1. The molecule has 2 aromatic carbocycles. The van der Waals surface area contributed by atoms with Crippen LogP contribution in [0.3, 0.4) is 0 Å². The first-order valence-electron chi connectivity index (χ1n) is 13.0. The second-order valence-corrected chi connectivity index (χ2v) is 12.8. The average Bonchev–Trinajstić information content (AvgIpc) is 2.86. The lowest BCUT2D eigenvalue weighted by molar-refractivity contribution is -0.140. The Kier molecular flexibility index (Phi) is 10.5. The van der Waals surface area contributed by atoms with Gasteiger partial charge in [0.1, 0.15) is 12.6 Å². The van der Waals surface area contributed by atoms with Gasteiger partial charge in [-0.15, -0.1) is 0 Å². The number of nitrogens with one attached hydrogen (secondary N) is 1. The highest BCUT2D eigenvalue weighted by atomic mass is 35.5. The summed E-state index contributed by atoms with van der Waals surface area (Å²) in [7, 11) is -3.79. The maximum absolute atomic E-state index is 13.9. The molecule has 0 bridgehead atoms. The van der Waals surface area contributed by atoms with Gasteiger partial charge in [-0.25, -0.2) is 8.42 Å².